The van der Waals surface area contributed by atoms with Gasteiger partial charge in [-0.2, -0.15) is 0 Å². The third-order valence-corrected chi connectivity index (χ3v) is 4.97. The van der Waals surface area contributed by atoms with Crippen LogP contribution in [0.4, 0.5) is 4.79 Å². The molecule has 2 aliphatic rings. The molecule has 1 amide bonds. The van der Waals surface area contributed by atoms with E-state index in [2.05, 4.69) is 61.0 Å². The Morgan fingerprint density at radius 2 is 1.89 bits per heavy atom. The molecule has 2 rings (SSSR count). The Balaban J connectivity index is -0.000000282. The van der Waals surface area contributed by atoms with E-state index in [1.54, 1.807) is 6.92 Å². The summed E-state index contributed by atoms with van der Waals surface area (Å²) in [6, 6.07) is 0.387. The molecule has 2 N–H and O–H groups in total. The minimum atomic E-state index is 0. The molecule has 7 heteroatoms. The molecule has 149 valence electrons. The summed E-state index contributed by atoms with van der Waals surface area (Å²) in [5, 5.41) is 6.85. The van der Waals surface area contributed by atoms with Crippen LogP contribution >= 0.6 is 23.5 Å². The van der Waals surface area contributed by atoms with Gasteiger partial charge in [0.2, 0.25) is 0 Å². The molecule has 0 aromatic heterocycles. The van der Waals surface area contributed by atoms with E-state index in [9.17, 15) is 4.79 Å². The van der Waals surface area contributed by atoms with Gasteiger partial charge in [-0.25, -0.2) is 0 Å². The molecule has 2 saturated heterocycles. The van der Waals surface area contributed by atoms with E-state index < -0.39 is 0 Å². The molecular formula is C20H31N3OS2Y-2. The molecule has 0 bridgehead atoms. The van der Waals surface area contributed by atoms with E-state index in [1.165, 1.54) is 24.1 Å². The van der Waals surface area contributed by atoms with Gasteiger partial charge in [0.25, 0.3) is 5.24 Å². The van der Waals surface area contributed by atoms with E-state index in [-0.39, 0.29) is 37.9 Å². The van der Waals surface area contributed by atoms with Crippen LogP contribution in [-0.2, 0) is 32.7 Å². The van der Waals surface area contributed by atoms with E-state index >= 15 is 0 Å². The molecule has 27 heavy (non-hydrogen) atoms. The summed E-state index contributed by atoms with van der Waals surface area (Å²) in [7, 11) is 1.99. The normalized spacial score (nSPS) is 18.7. The van der Waals surface area contributed by atoms with Crippen molar-refractivity contribution < 1.29 is 37.5 Å². The van der Waals surface area contributed by atoms with Crippen LogP contribution in [0.15, 0.2) is 0 Å². The predicted molar refractivity (Wildman–Crippen MR) is 119 cm³/mol. The minimum Gasteiger partial charge on any atom is -0.365 e. The van der Waals surface area contributed by atoms with E-state index in [1.807, 2.05) is 30.6 Å². The number of nitrogens with one attached hydrogen (secondary N) is 2. The number of amides is 1. The van der Waals surface area contributed by atoms with Crippen molar-refractivity contribution in [2.24, 2.45) is 0 Å². The van der Waals surface area contributed by atoms with E-state index in [0.29, 0.717) is 11.4 Å². The molecule has 0 spiro atoms. The first-order chi connectivity index (χ1) is 12.4. The van der Waals surface area contributed by atoms with Gasteiger partial charge in [-0.05, 0) is 51.5 Å². The predicted octanol–water partition coefficient (Wildman–Crippen LogP) is 2.73. The van der Waals surface area contributed by atoms with Gasteiger partial charge in [-0.1, -0.05) is 17.7 Å². The van der Waals surface area contributed by atoms with Crippen LogP contribution in [0.2, 0.25) is 0 Å². The van der Waals surface area contributed by atoms with Crippen molar-refractivity contribution in [2.45, 2.75) is 32.2 Å². The number of carbonyl (C=O) groups excluding carboxylic acids is 1. The molecule has 2 aliphatic heterocycles. The summed E-state index contributed by atoms with van der Waals surface area (Å²) < 4.78 is 0. The first-order valence-electron chi connectivity index (χ1n) is 8.33. The number of hydrogen-bond acceptors (Lipinski definition) is 5. The SMILES string of the molecule is C#CC#CC#CC.CC1CSC(=O)N1.CC1NCCS1.[CH2-]CN(C)C[CH2-].[Y]. The van der Waals surface area contributed by atoms with Crippen LogP contribution in [0.25, 0.3) is 0 Å². The van der Waals surface area contributed by atoms with Crippen LogP contribution in [0, 0.1) is 49.9 Å². The average Bonchev–Trinajstić information content (AvgIpc) is 3.27. The number of nitrogens with zero attached hydrogens (tertiary/aromatic N) is 1. The molecule has 0 saturated carbocycles. The van der Waals surface area contributed by atoms with Gasteiger partial charge < -0.3 is 29.4 Å². The second-order valence-corrected chi connectivity index (χ2v) is 7.63. The molecule has 0 aromatic carbocycles. The third-order valence-electron chi connectivity index (χ3n) is 2.82. The fraction of sp³-hybridized carbons (Fsp3) is 0.550. The Bertz CT molecular complexity index is 519. The molecule has 2 fully saturated rings. The largest absolute Gasteiger partial charge is 0.365 e. The molecule has 0 aromatic rings. The zero-order valence-electron chi connectivity index (χ0n) is 16.9. The molecule has 2 unspecified atom stereocenters. The smallest absolute Gasteiger partial charge is 0.279 e. The van der Waals surface area contributed by atoms with Crippen molar-refractivity contribution >= 4 is 28.8 Å². The summed E-state index contributed by atoms with van der Waals surface area (Å²) in [4.78, 5) is 12.3. The van der Waals surface area contributed by atoms with Crippen molar-refractivity contribution in [1.29, 1.82) is 0 Å². The zero-order chi connectivity index (χ0) is 20.2. The molecule has 1 radical (unpaired) electrons. The van der Waals surface area contributed by atoms with E-state index in [0.717, 1.165) is 18.8 Å². The number of terminal acetylenes is 1. The Kier molecular flexibility index (Phi) is 28.0. The van der Waals surface area contributed by atoms with Crippen molar-refractivity contribution in [2.75, 3.05) is 38.2 Å². The molecule has 4 nitrogen and oxygen atoms in total. The maximum absolute atomic E-state index is 10.3. The van der Waals surface area contributed by atoms with Crippen molar-refractivity contribution in [3.8, 4) is 36.0 Å². The third kappa shape index (κ3) is 25.9. The summed E-state index contributed by atoms with van der Waals surface area (Å²) in [6.45, 7) is 16.1. The molecule has 2 heterocycles. The monoisotopic (exact) mass is 482 g/mol. The Morgan fingerprint density at radius 3 is 2.07 bits per heavy atom. The standard InChI is InChI=1S/C7H4.C5H11N.C4H7NOS.C4H9NS.Y/c1-3-5-7-6-4-2;1-4-6(3)5-2;1-3-2-7-4(6)5-3;1-4-5-2-3-6-4;/h1H,2H3;1-2,4-5H2,3H3;3H,2H2,1H3,(H,5,6);4-5H,2-3H2,1H3;/q;-2;;;. The molecule has 0 aliphatic carbocycles. The molecule has 2 atom stereocenters. The van der Waals surface area contributed by atoms with Crippen LogP contribution in [0.3, 0.4) is 0 Å². The van der Waals surface area contributed by atoms with Crippen molar-refractivity contribution in [3.63, 3.8) is 0 Å². The van der Waals surface area contributed by atoms with Gasteiger partial charge in [0.15, 0.2) is 0 Å². The Labute approximate surface area is 200 Å². The maximum atomic E-state index is 10.3. The number of rotatable bonds is 2. The minimum absolute atomic E-state index is 0. The maximum Gasteiger partial charge on any atom is 0.279 e. The number of carbonyl (C=O) groups is 1. The van der Waals surface area contributed by atoms with Crippen LogP contribution in [-0.4, -0.2) is 59.7 Å². The van der Waals surface area contributed by atoms with Crippen molar-refractivity contribution in [1.82, 2.24) is 15.5 Å². The topological polar surface area (TPSA) is 44.4 Å². The van der Waals surface area contributed by atoms with E-state index in [4.69, 9.17) is 6.42 Å². The quantitative estimate of drug-likeness (QED) is 0.468. The number of hydrogen-bond donors (Lipinski definition) is 2. The van der Waals surface area contributed by atoms with Gasteiger partial charge in [0, 0.05) is 56.8 Å². The second-order valence-electron chi connectivity index (χ2n) is 5.18. The van der Waals surface area contributed by atoms with Crippen molar-refractivity contribution in [3.05, 3.63) is 13.8 Å². The van der Waals surface area contributed by atoms with Crippen LogP contribution in [0.5, 0.6) is 0 Å². The summed E-state index contributed by atoms with van der Waals surface area (Å²) in [5.74, 6) is 14.2. The van der Waals surface area contributed by atoms with Crippen LogP contribution in [0.1, 0.15) is 20.8 Å². The fourth-order valence-electron chi connectivity index (χ4n) is 1.28. The Morgan fingerprint density at radius 1 is 1.26 bits per heavy atom. The second kappa shape index (κ2) is 23.9. The van der Waals surface area contributed by atoms with Crippen LogP contribution < -0.4 is 10.6 Å². The number of thioether (sulfide) groups is 2. The molecular weight excluding hydrogens is 451 g/mol. The fourth-order valence-corrected chi connectivity index (χ4v) is 2.88. The average molecular weight is 483 g/mol. The Hall–Kier alpha value is -0.126. The summed E-state index contributed by atoms with van der Waals surface area (Å²) in [6.07, 6.45) is 4.78. The zero-order valence-corrected chi connectivity index (χ0v) is 21.4. The summed E-state index contributed by atoms with van der Waals surface area (Å²) in [5.41, 5.74) is 0. The first kappa shape index (κ1) is 31.6. The summed E-state index contributed by atoms with van der Waals surface area (Å²) >= 11 is 3.34. The van der Waals surface area contributed by atoms with Gasteiger partial charge in [-0.3, -0.25) is 4.79 Å². The van der Waals surface area contributed by atoms with Gasteiger partial charge in [0.05, 0.1) is 5.37 Å². The van der Waals surface area contributed by atoms with Gasteiger partial charge in [-0.15, -0.1) is 31.3 Å². The van der Waals surface area contributed by atoms with Gasteiger partial charge in [0.1, 0.15) is 0 Å². The first-order valence-corrected chi connectivity index (χ1v) is 10.4. The van der Waals surface area contributed by atoms with Gasteiger partial charge >= 0.3 is 0 Å².